The quantitative estimate of drug-likeness (QED) is 0.919. The summed E-state index contributed by atoms with van der Waals surface area (Å²) in [6, 6.07) is 9.39. The van der Waals surface area contributed by atoms with Gasteiger partial charge in [0, 0.05) is 11.8 Å². The molecule has 0 atom stereocenters. The lowest BCUT2D eigenvalue weighted by molar-refractivity contribution is 0.0696. The van der Waals surface area contributed by atoms with E-state index < -0.39 is 5.97 Å². The summed E-state index contributed by atoms with van der Waals surface area (Å²) in [7, 11) is 0. The number of rotatable bonds is 3. The zero-order chi connectivity index (χ0) is 15.6. The molecule has 4 nitrogen and oxygen atoms in total. The molecule has 0 fully saturated rings. The molecule has 0 saturated carbocycles. The SMILES string of the molecule is Cc1cc(C(=O)O)cnc1Oc1ccc(C(C)(C)C)cc1. The monoisotopic (exact) mass is 285 g/mol. The summed E-state index contributed by atoms with van der Waals surface area (Å²) in [5.41, 5.74) is 2.16. The number of nitrogens with zero attached hydrogens (tertiary/aromatic N) is 1. The zero-order valence-electron chi connectivity index (χ0n) is 12.7. The number of benzene rings is 1. The minimum absolute atomic E-state index is 0.0931. The molecule has 1 N–H and O–H groups in total. The number of hydrogen-bond donors (Lipinski definition) is 1. The molecule has 4 heteroatoms. The van der Waals surface area contributed by atoms with Gasteiger partial charge in [0.05, 0.1) is 5.56 Å². The molecule has 0 aliphatic heterocycles. The first-order chi connectivity index (χ1) is 9.77. The van der Waals surface area contributed by atoms with Crippen LogP contribution >= 0.6 is 0 Å². The second-order valence-corrected chi connectivity index (χ2v) is 6.03. The highest BCUT2D eigenvalue weighted by atomic mass is 16.5. The van der Waals surface area contributed by atoms with Crippen LogP contribution in [-0.2, 0) is 5.41 Å². The average Bonchev–Trinajstić information content (AvgIpc) is 2.40. The summed E-state index contributed by atoms with van der Waals surface area (Å²) in [6.07, 6.45) is 1.30. The second-order valence-electron chi connectivity index (χ2n) is 6.03. The van der Waals surface area contributed by atoms with Gasteiger partial charge in [0.1, 0.15) is 5.75 Å². The van der Waals surface area contributed by atoms with Crippen molar-refractivity contribution >= 4 is 5.97 Å². The van der Waals surface area contributed by atoms with Crippen molar-refractivity contribution in [1.82, 2.24) is 4.98 Å². The van der Waals surface area contributed by atoms with E-state index in [1.54, 1.807) is 13.0 Å². The van der Waals surface area contributed by atoms with E-state index in [-0.39, 0.29) is 11.0 Å². The number of carbonyl (C=O) groups is 1. The fraction of sp³-hybridized carbons (Fsp3) is 0.294. The number of aromatic nitrogens is 1. The summed E-state index contributed by atoms with van der Waals surface area (Å²) in [5.74, 6) is 0.108. The summed E-state index contributed by atoms with van der Waals surface area (Å²) >= 11 is 0. The molecule has 1 heterocycles. The Morgan fingerprint density at radius 1 is 1.19 bits per heavy atom. The molecule has 0 amide bonds. The minimum Gasteiger partial charge on any atom is -0.478 e. The molecular formula is C17H19NO3. The maximum Gasteiger partial charge on any atom is 0.337 e. The van der Waals surface area contributed by atoms with Crippen LogP contribution in [-0.4, -0.2) is 16.1 Å². The number of ether oxygens (including phenoxy) is 1. The Balaban J connectivity index is 2.20. The molecule has 0 bridgehead atoms. The molecule has 1 aromatic heterocycles. The Morgan fingerprint density at radius 3 is 2.29 bits per heavy atom. The molecule has 21 heavy (non-hydrogen) atoms. The van der Waals surface area contributed by atoms with Crippen LogP contribution in [0.5, 0.6) is 11.6 Å². The van der Waals surface area contributed by atoms with Crippen LogP contribution in [0.1, 0.15) is 42.3 Å². The highest BCUT2D eigenvalue weighted by molar-refractivity contribution is 5.87. The largest absolute Gasteiger partial charge is 0.478 e. The molecule has 0 unspecified atom stereocenters. The summed E-state index contributed by atoms with van der Waals surface area (Å²) < 4.78 is 5.71. The van der Waals surface area contributed by atoms with Crippen LogP contribution in [0.3, 0.4) is 0 Å². The number of hydrogen-bond acceptors (Lipinski definition) is 3. The predicted molar refractivity (Wildman–Crippen MR) is 81.1 cm³/mol. The van der Waals surface area contributed by atoms with Crippen molar-refractivity contribution in [2.45, 2.75) is 33.1 Å². The van der Waals surface area contributed by atoms with Crippen LogP contribution in [0.4, 0.5) is 0 Å². The van der Waals surface area contributed by atoms with Crippen molar-refractivity contribution in [2.75, 3.05) is 0 Å². The Hall–Kier alpha value is -2.36. The maximum absolute atomic E-state index is 10.9. The molecule has 0 radical (unpaired) electrons. The first-order valence-corrected chi connectivity index (χ1v) is 6.76. The van der Waals surface area contributed by atoms with E-state index in [9.17, 15) is 4.79 Å². The van der Waals surface area contributed by atoms with Crippen molar-refractivity contribution in [3.8, 4) is 11.6 Å². The van der Waals surface area contributed by atoms with Gasteiger partial charge in [0.2, 0.25) is 5.88 Å². The van der Waals surface area contributed by atoms with Crippen LogP contribution in [0.25, 0.3) is 0 Å². The number of carboxylic acids is 1. The van der Waals surface area contributed by atoms with Crippen LogP contribution in [0.15, 0.2) is 36.5 Å². The molecule has 0 aliphatic rings. The van der Waals surface area contributed by atoms with Gasteiger partial charge in [-0.15, -0.1) is 0 Å². The van der Waals surface area contributed by atoms with E-state index in [1.165, 1.54) is 11.8 Å². The van der Waals surface area contributed by atoms with Gasteiger partial charge >= 0.3 is 5.97 Å². The van der Waals surface area contributed by atoms with Crippen LogP contribution < -0.4 is 4.74 Å². The molecule has 2 rings (SSSR count). The zero-order valence-corrected chi connectivity index (χ0v) is 12.7. The number of aryl methyl sites for hydroxylation is 1. The smallest absolute Gasteiger partial charge is 0.337 e. The Morgan fingerprint density at radius 2 is 1.81 bits per heavy atom. The van der Waals surface area contributed by atoms with Crippen molar-refractivity contribution in [2.24, 2.45) is 0 Å². The first-order valence-electron chi connectivity index (χ1n) is 6.76. The topological polar surface area (TPSA) is 59.4 Å². The molecule has 0 saturated heterocycles. The standard InChI is InChI=1S/C17H19NO3/c1-11-9-12(16(19)20)10-18-15(11)21-14-7-5-13(6-8-14)17(2,3)4/h5-10H,1-4H3,(H,19,20). The van der Waals surface area contributed by atoms with Crippen LogP contribution in [0, 0.1) is 6.92 Å². The lowest BCUT2D eigenvalue weighted by Crippen LogP contribution is -2.10. The lowest BCUT2D eigenvalue weighted by Gasteiger charge is -2.19. The predicted octanol–water partition coefficient (Wildman–Crippen LogP) is 4.18. The molecule has 2 aromatic rings. The van der Waals surface area contributed by atoms with Gasteiger partial charge in [-0.1, -0.05) is 32.9 Å². The van der Waals surface area contributed by atoms with E-state index in [0.717, 1.165) is 0 Å². The Kier molecular flexibility index (Phi) is 3.98. The van der Waals surface area contributed by atoms with Gasteiger partial charge in [-0.3, -0.25) is 0 Å². The number of pyridine rings is 1. The molecule has 110 valence electrons. The van der Waals surface area contributed by atoms with Crippen molar-refractivity contribution in [3.05, 3.63) is 53.2 Å². The third-order valence-corrected chi connectivity index (χ3v) is 3.21. The molecule has 0 spiro atoms. The fourth-order valence-corrected chi connectivity index (χ4v) is 1.92. The summed E-state index contributed by atoms with van der Waals surface area (Å²) in [5, 5.41) is 8.92. The van der Waals surface area contributed by atoms with Gasteiger partial charge in [-0.25, -0.2) is 9.78 Å². The van der Waals surface area contributed by atoms with Gasteiger partial charge in [-0.05, 0) is 36.1 Å². The fourth-order valence-electron chi connectivity index (χ4n) is 1.92. The summed E-state index contributed by atoms with van der Waals surface area (Å²) in [4.78, 5) is 14.9. The van der Waals surface area contributed by atoms with Gasteiger partial charge in [0.25, 0.3) is 0 Å². The van der Waals surface area contributed by atoms with Gasteiger partial charge in [0.15, 0.2) is 0 Å². The lowest BCUT2D eigenvalue weighted by atomic mass is 9.87. The third-order valence-electron chi connectivity index (χ3n) is 3.21. The molecular weight excluding hydrogens is 266 g/mol. The number of aromatic carboxylic acids is 1. The van der Waals surface area contributed by atoms with Crippen molar-refractivity contribution in [3.63, 3.8) is 0 Å². The van der Waals surface area contributed by atoms with E-state index >= 15 is 0 Å². The molecule has 0 aliphatic carbocycles. The van der Waals surface area contributed by atoms with Gasteiger partial charge in [-0.2, -0.15) is 0 Å². The van der Waals surface area contributed by atoms with Crippen molar-refractivity contribution < 1.29 is 14.6 Å². The highest BCUT2D eigenvalue weighted by Gasteiger charge is 2.14. The average molecular weight is 285 g/mol. The van der Waals surface area contributed by atoms with E-state index in [0.29, 0.717) is 17.2 Å². The Bertz CT molecular complexity index is 655. The van der Waals surface area contributed by atoms with E-state index in [4.69, 9.17) is 9.84 Å². The van der Waals surface area contributed by atoms with E-state index in [1.807, 2.05) is 24.3 Å². The second kappa shape index (κ2) is 5.56. The first kappa shape index (κ1) is 15.0. The van der Waals surface area contributed by atoms with E-state index in [2.05, 4.69) is 25.8 Å². The maximum atomic E-state index is 10.9. The summed E-state index contributed by atoms with van der Waals surface area (Å²) in [6.45, 7) is 8.23. The number of carboxylic acid groups (broad SMARTS) is 1. The van der Waals surface area contributed by atoms with Crippen molar-refractivity contribution in [1.29, 1.82) is 0 Å². The minimum atomic E-state index is -0.994. The van der Waals surface area contributed by atoms with Gasteiger partial charge < -0.3 is 9.84 Å². The molecule has 1 aromatic carbocycles. The Labute approximate surface area is 124 Å². The normalized spacial score (nSPS) is 11.2. The van der Waals surface area contributed by atoms with Crippen LogP contribution in [0.2, 0.25) is 0 Å². The highest BCUT2D eigenvalue weighted by Crippen LogP contribution is 2.27. The third kappa shape index (κ3) is 3.60.